The minimum atomic E-state index is -0.140. The van der Waals surface area contributed by atoms with Crippen molar-refractivity contribution in [2.75, 3.05) is 20.2 Å². The molecule has 1 aromatic carbocycles. The van der Waals surface area contributed by atoms with E-state index in [0.717, 1.165) is 11.4 Å². The second-order valence-corrected chi connectivity index (χ2v) is 5.69. The molecular weight excluding hydrogens is 334 g/mol. The fraction of sp³-hybridized carbons (Fsp3) is 0.333. The van der Waals surface area contributed by atoms with Gasteiger partial charge in [0.15, 0.2) is 5.69 Å². The zero-order chi connectivity index (χ0) is 15.4. The molecule has 2 rings (SSSR count). The average molecular weight is 352 g/mol. The molecule has 0 aliphatic carbocycles. The van der Waals surface area contributed by atoms with Crippen LogP contribution in [0.5, 0.6) is 5.75 Å². The van der Waals surface area contributed by atoms with Gasteiger partial charge in [-0.1, -0.05) is 17.7 Å². The van der Waals surface area contributed by atoms with Crippen LogP contribution in [-0.4, -0.2) is 41.2 Å². The SMILES string of the molecule is Cc1ccc(OCCN(C)C(=O)c2n[nH]c(C)c2Br)cc1. The molecule has 5 nitrogen and oxygen atoms in total. The van der Waals surface area contributed by atoms with E-state index in [-0.39, 0.29) is 5.91 Å². The number of nitrogens with zero attached hydrogens (tertiary/aromatic N) is 2. The lowest BCUT2D eigenvalue weighted by Gasteiger charge is -2.16. The van der Waals surface area contributed by atoms with Crippen LogP contribution < -0.4 is 4.74 Å². The lowest BCUT2D eigenvalue weighted by atomic mass is 10.2. The highest BCUT2D eigenvalue weighted by Crippen LogP contribution is 2.19. The van der Waals surface area contributed by atoms with E-state index in [1.807, 2.05) is 38.1 Å². The number of hydrogen-bond donors (Lipinski definition) is 1. The number of halogens is 1. The first-order valence-electron chi connectivity index (χ1n) is 6.64. The number of carbonyl (C=O) groups is 1. The van der Waals surface area contributed by atoms with Crippen molar-refractivity contribution in [1.82, 2.24) is 15.1 Å². The summed E-state index contributed by atoms with van der Waals surface area (Å²) in [5.41, 5.74) is 2.42. The zero-order valence-electron chi connectivity index (χ0n) is 12.3. The molecule has 0 atom stereocenters. The van der Waals surface area contributed by atoms with E-state index in [4.69, 9.17) is 4.74 Å². The Balaban J connectivity index is 1.87. The first-order chi connectivity index (χ1) is 9.99. The Kier molecular flexibility index (Phi) is 5.01. The third-order valence-corrected chi connectivity index (χ3v) is 4.11. The van der Waals surface area contributed by atoms with Gasteiger partial charge in [0.05, 0.1) is 11.0 Å². The molecule has 21 heavy (non-hydrogen) atoms. The van der Waals surface area contributed by atoms with Gasteiger partial charge in [0.1, 0.15) is 12.4 Å². The molecule has 0 saturated heterocycles. The van der Waals surface area contributed by atoms with E-state index in [1.165, 1.54) is 5.56 Å². The molecule has 0 aliphatic rings. The fourth-order valence-corrected chi connectivity index (χ4v) is 2.12. The summed E-state index contributed by atoms with van der Waals surface area (Å²) >= 11 is 3.36. The number of rotatable bonds is 5. The monoisotopic (exact) mass is 351 g/mol. The molecule has 112 valence electrons. The highest BCUT2D eigenvalue weighted by atomic mass is 79.9. The quantitative estimate of drug-likeness (QED) is 0.900. The average Bonchev–Trinajstić information content (AvgIpc) is 2.80. The molecule has 1 heterocycles. The van der Waals surface area contributed by atoms with Gasteiger partial charge in [-0.05, 0) is 41.9 Å². The number of amides is 1. The van der Waals surface area contributed by atoms with Crippen LogP contribution in [-0.2, 0) is 0 Å². The summed E-state index contributed by atoms with van der Waals surface area (Å²) in [7, 11) is 1.73. The lowest BCUT2D eigenvalue weighted by Crippen LogP contribution is -2.31. The van der Waals surface area contributed by atoms with Gasteiger partial charge in [-0.2, -0.15) is 5.10 Å². The number of likely N-dealkylation sites (N-methyl/N-ethyl adjacent to an activating group) is 1. The second kappa shape index (κ2) is 6.76. The Morgan fingerprint density at radius 1 is 1.33 bits per heavy atom. The van der Waals surface area contributed by atoms with Crippen LogP contribution >= 0.6 is 15.9 Å². The Morgan fingerprint density at radius 3 is 2.57 bits per heavy atom. The van der Waals surface area contributed by atoms with E-state index in [0.29, 0.717) is 23.3 Å². The molecule has 6 heteroatoms. The van der Waals surface area contributed by atoms with Gasteiger partial charge in [-0.15, -0.1) is 0 Å². The number of hydrogen-bond acceptors (Lipinski definition) is 3. The van der Waals surface area contributed by atoms with E-state index >= 15 is 0 Å². The van der Waals surface area contributed by atoms with E-state index < -0.39 is 0 Å². The Labute approximate surface area is 132 Å². The molecule has 0 unspecified atom stereocenters. The van der Waals surface area contributed by atoms with Crippen molar-refractivity contribution in [2.45, 2.75) is 13.8 Å². The summed E-state index contributed by atoms with van der Waals surface area (Å²) < 4.78 is 6.33. The molecule has 1 N–H and O–H groups in total. The minimum absolute atomic E-state index is 0.140. The molecule has 1 amide bonds. The molecule has 2 aromatic rings. The van der Waals surface area contributed by atoms with Crippen LogP contribution in [0.15, 0.2) is 28.7 Å². The van der Waals surface area contributed by atoms with Crippen molar-refractivity contribution < 1.29 is 9.53 Å². The third-order valence-electron chi connectivity index (χ3n) is 3.14. The zero-order valence-corrected chi connectivity index (χ0v) is 13.9. The molecule has 0 bridgehead atoms. The lowest BCUT2D eigenvalue weighted by molar-refractivity contribution is 0.0767. The van der Waals surface area contributed by atoms with Crippen LogP contribution in [0.3, 0.4) is 0 Å². The summed E-state index contributed by atoms with van der Waals surface area (Å²) in [5.74, 6) is 0.664. The van der Waals surface area contributed by atoms with Crippen molar-refractivity contribution >= 4 is 21.8 Å². The van der Waals surface area contributed by atoms with Crippen molar-refractivity contribution in [3.63, 3.8) is 0 Å². The molecule has 1 aromatic heterocycles. The second-order valence-electron chi connectivity index (χ2n) is 4.90. The summed E-state index contributed by atoms with van der Waals surface area (Å²) in [6, 6.07) is 7.83. The number of H-pyrrole nitrogens is 1. The van der Waals surface area contributed by atoms with Crippen molar-refractivity contribution in [1.29, 1.82) is 0 Å². The minimum Gasteiger partial charge on any atom is -0.492 e. The number of aryl methyl sites for hydroxylation is 2. The summed E-state index contributed by atoms with van der Waals surface area (Å²) in [4.78, 5) is 13.8. The van der Waals surface area contributed by atoms with E-state index in [2.05, 4.69) is 26.1 Å². The van der Waals surface area contributed by atoms with Gasteiger partial charge in [-0.25, -0.2) is 0 Å². The number of aromatic amines is 1. The van der Waals surface area contributed by atoms with Gasteiger partial charge in [-0.3, -0.25) is 9.89 Å². The predicted molar refractivity (Wildman–Crippen MR) is 84.7 cm³/mol. The van der Waals surface area contributed by atoms with Gasteiger partial charge in [0, 0.05) is 12.7 Å². The van der Waals surface area contributed by atoms with Gasteiger partial charge in [0.2, 0.25) is 0 Å². The molecule has 0 radical (unpaired) electrons. The standard InChI is InChI=1S/C15H18BrN3O2/c1-10-4-6-12(7-5-10)21-9-8-19(3)15(20)14-13(16)11(2)17-18-14/h4-7H,8-9H2,1-3H3,(H,17,18). The molecule has 0 spiro atoms. The topological polar surface area (TPSA) is 58.2 Å². The normalized spacial score (nSPS) is 10.5. The van der Waals surface area contributed by atoms with Gasteiger partial charge < -0.3 is 9.64 Å². The molecular formula is C15H18BrN3O2. The smallest absolute Gasteiger partial charge is 0.275 e. The van der Waals surface area contributed by atoms with Crippen molar-refractivity contribution in [2.24, 2.45) is 0 Å². The van der Waals surface area contributed by atoms with Gasteiger partial charge >= 0.3 is 0 Å². The Hall–Kier alpha value is -1.82. The molecule has 0 aliphatic heterocycles. The van der Waals surface area contributed by atoms with Crippen LogP contribution in [0.1, 0.15) is 21.7 Å². The van der Waals surface area contributed by atoms with Crippen LogP contribution in [0.2, 0.25) is 0 Å². The molecule has 0 fully saturated rings. The summed E-state index contributed by atoms with van der Waals surface area (Å²) in [6.07, 6.45) is 0. The maximum absolute atomic E-state index is 12.2. The summed E-state index contributed by atoms with van der Waals surface area (Å²) in [6.45, 7) is 4.81. The summed E-state index contributed by atoms with van der Waals surface area (Å²) in [5, 5.41) is 6.79. The number of ether oxygens (including phenoxy) is 1. The van der Waals surface area contributed by atoms with Crippen molar-refractivity contribution in [3.05, 3.63) is 45.7 Å². The number of aromatic nitrogens is 2. The predicted octanol–water partition coefficient (Wildman–Crippen LogP) is 2.94. The number of nitrogens with one attached hydrogen (secondary N) is 1. The highest BCUT2D eigenvalue weighted by molar-refractivity contribution is 9.10. The maximum Gasteiger partial charge on any atom is 0.275 e. The number of benzene rings is 1. The van der Waals surface area contributed by atoms with E-state index in [1.54, 1.807) is 11.9 Å². The van der Waals surface area contributed by atoms with Crippen LogP contribution in [0.4, 0.5) is 0 Å². The Bertz CT molecular complexity index is 622. The highest BCUT2D eigenvalue weighted by Gasteiger charge is 2.19. The number of carbonyl (C=O) groups excluding carboxylic acids is 1. The first kappa shape index (κ1) is 15.6. The van der Waals surface area contributed by atoms with Crippen molar-refractivity contribution in [3.8, 4) is 5.75 Å². The van der Waals surface area contributed by atoms with Gasteiger partial charge in [0.25, 0.3) is 5.91 Å². The van der Waals surface area contributed by atoms with Crippen LogP contribution in [0.25, 0.3) is 0 Å². The maximum atomic E-state index is 12.2. The Morgan fingerprint density at radius 2 is 2.00 bits per heavy atom. The molecule has 0 saturated carbocycles. The largest absolute Gasteiger partial charge is 0.492 e. The first-order valence-corrected chi connectivity index (χ1v) is 7.43. The third kappa shape index (κ3) is 3.85. The van der Waals surface area contributed by atoms with Crippen LogP contribution in [0, 0.1) is 13.8 Å². The fourth-order valence-electron chi connectivity index (χ4n) is 1.77. The van der Waals surface area contributed by atoms with E-state index in [9.17, 15) is 4.79 Å².